The second-order valence-corrected chi connectivity index (χ2v) is 6.36. The Morgan fingerprint density at radius 1 is 0.964 bits per heavy atom. The van der Waals surface area contributed by atoms with Gasteiger partial charge in [-0.25, -0.2) is 9.18 Å². The molecule has 0 unspecified atom stereocenters. The SMILES string of the molecule is COc1ccc(/C=C\C(=O)N2CCN(C(=O)Nc3ccc(F)cc3)CC2)cc1. The lowest BCUT2D eigenvalue weighted by Gasteiger charge is -2.34. The van der Waals surface area contributed by atoms with Gasteiger partial charge < -0.3 is 19.9 Å². The number of rotatable bonds is 4. The van der Waals surface area contributed by atoms with Crippen LogP contribution in [0, 0.1) is 5.82 Å². The van der Waals surface area contributed by atoms with Gasteiger partial charge >= 0.3 is 6.03 Å². The first-order chi connectivity index (χ1) is 13.5. The fourth-order valence-corrected chi connectivity index (χ4v) is 2.85. The molecule has 2 aromatic rings. The summed E-state index contributed by atoms with van der Waals surface area (Å²) in [5.41, 5.74) is 1.44. The molecule has 7 heteroatoms. The summed E-state index contributed by atoms with van der Waals surface area (Å²) in [6, 6.07) is 12.8. The maximum Gasteiger partial charge on any atom is 0.321 e. The molecule has 3 amide bonds. The van der Waals surface area contributed by atoms with E-state index in [1.165, 1.54) is 30.3 Å². The number of benzene rings is 2. The molecule has 0 spiro atoms. The van der Waals surface area contributed by atoms with E-state index in [0.717, 1.165) is 11.3 Å². The van der Waals surface area contributed by atoms with Gasteiger partial charge in [-0.1, -0.05) is 12.1 Å². The van der Waals surface area contributed by atoms with Gasteiger partial charge in [0, 0.05) is 37.9 Å². The Hall–Kier alpha value is -3.35. The number of piperazine rings is 1. The van der Waals surface area contributed by atoms with Crippen molar-refractivity contribution < 1.29 is 18.7 Å². The number of ether oxygens (including phenoxy) is 1. The van der Waals surface area contributed by atoms with Crippen LogP contribution in [-0.4, -0.2) is 55.0 Å². The van der Waals surface area contributed by atoms with Gasteiger partial charge in [0.15, 0.2) is 0 Å². The van der Waals surface area contributed by atoms with Crippen molar-refractivity contribution in [3.8, 4) is 5.75 Å². The van der Waals surface area contributed by atoms with Gasteiger partial charge in [-0.05, 0) is 48.0 Å². The number of hydrogen-bond acceptors (Lipinski definition) is 3. The molecule has 1 N–H and O–H groups in total. The third kappa shape index (κ3) is 5.09. The predicted octanol–water partition coefficient (Wildman–Crippen LogP) is 3.22. The van der Waals surface area contributed by atoms with Gasteiger partial charge in [-0.15, -0.1) is 0 Å². The van der Waals surface area contributed by atoms with E-state index in [0.29, 0.717) is 31.9 Å². The van der Waals surface area contributed by atoms with E-state index in [9.17, 15) is 14.0 Å². The number of methoxy groups -OCH3 is 1. The van der Waals surface area contributed by atoms with E-state index in [-0.39, 0.29) is 17.8 Å². The zero-order chi connectivity index (χ0) is 19.9. The van der Waals surface area contributed by atoms with E-state index in [1.54, 1.807) is 23.0 Å². The quantitative estimate of drug-likeness (QED) is 0.825. The molecule has 0 atom stereocenters. The van der Waals surface area contributed by atoms with Crippen LogP contribution in [0.1, 0.15) is 5.56 Å². The van der Waals surface area contributed by atoms with Crippen LogP contribution in [0.2, 0.25) is 0 Å². The lowest BCUT2D eigenvalue weighted by molar-refractivity contribution is -0.127. The minimum Gasteiger partial charge on any atom is -0.497 e. The van der Waals surface area contributed by atoms with Crippen LogP contribution in [0.15, 0.2) is 54.6 Å². The van der Waals surface area contributed by atoms with Crippen LogP contribution in [-0.2, 0) is 4.79 Å². The third-order valence-corrected chi connectivity index (χ3v) is 4.51. The number of nitrogens with zero attached hydrogens (tertiary/aromatic N) is 2. The highest BCUT2D eigenvalue weighted by Gasteiger charge is 2.23. The summed E-state index contributed by atoms with van der Waals surface area (Å²) >= 11 is 0. The molecule has 1 aliphatic rings. The zero-order valence-electron chi connectivity index (χ0n) is 15.6. The smallest absolute Gasteiger partial charge is 0.321 e. The number of nitrogens with one attached hydrogen (secondary N) is 1. The molecule has 1 saturated heterocycles. The minimum absolute atomic E-state index is 0.0885. The Morgan fingerprint density at radius 3 is 2.18 bits per heavy atom. The Labute approximate surface area is 163 Å². The van der Waals surface area contributed by atoms with Gasteiger partial charge in [-0.2, -0.15) is 0 Å². The van der Waals surface area contributed by atoms with Crippen molar-refractivity contribution in [2.75, 3.05) is 38.6 Å². The lowest BCUT2D eigenvalue weighted by atomic mass is 10.2. The van der Waals surface area contributed by atoms with Gasteiger partial charge in [0.05, 0.1) is 7.11 Å². The monoisotopic (exact) mass is 383 g/mol. The van der Waals surface area contributed by atoms with E-state index >= 15 is 0 Å². The molecule has 146 valence electrons. The Morgan fingerprint density at radius 2 is 1.57 bits per heavy atom. The summed E-state index contributed by atoms with van der Waals surface area (Å²) < 4.78 is 18.0. The molecule has 1 aliphatic heterocycles. The normalized spacial score (nSPS) is 14.2. The van der Waals surface area contributed by atoms with Crippen LogP contribution < -0.4 is 10.1 Å². The Bertz CT molecular complexity index is 842. The number of halogens is 1. The van der Waals surface area contributed by atoms with E-state index < -0.39 is 0 Å². The molecule has 0 bridgehead atoms. The number of amides is 3. The highest BCUT2D eigenvalue weighted by molar-refractivity contribution is 5.92. The van der Waals surface area contributed by atoms with Crippen molar-refractivity contribution in [2.45, 2.75) is 0 Å². The Balaban J connectivity index is 1.48. The summed E-state index contributed by atoms with van der Waals surface area (Å²) in [4.78, 5) is 28.0. The first kappa shape index (κ1) is 19.4. The molecule has 6 nitrogen and oxygen atoms in total. The van der Waals surface area contributed by atoms with Crippen LogP contribution in [0.4, 0.5) is 14.9 Å². The van der Waals surface area contributed by atoms with Crippen LogP contribution in [0.25, 0.3) is 6.08 Å². The summed E-state index contributed by atoms with van der Waals surface area (Å²) in [5, 5.41) is 2.73. The second-order valence-electron chi connectivity index (χ2n) is 6.36. The maximum absolute atomic E-state index is 12.9. The molecule has 1 fully saturated rings. The average Bonchev–Trinajstić information content (AvgIpc) is 2.74. The van der Waals surface area contributed by atoms with E-state index in [4.69, 9.17) is 4.74 Å². The number of urea groups is 1. The molecule has 0 aliphatic carbocycles. The van der Waals surface area contributed by atoms with Crippen molar-refractivity contribution in [3.05, 3.63) is 66.0 Å². The number of hydrogen-bond donors (Lipinski definition) is 1. The number of anilines is 1. The van der Waals surface area contributed by atoms with Gasteiger partial charge in [-0.3, -0.25) is 4.79 Å². The van der Waals surface area contributed by atoms with Crippen molar-refractivity contribution in [1.29, 1.82) is 0 Å². The fourth-order valence-electron chi connectivity index (χ4n) is 2.85. The maximum atomic E-state index is 12.9. The van der Waals surface area contributed by atoms with Crippen molar-refractivity contribution in [2.24, 2.45) is 0 Å². The number of carbonyl (C=O) groups is 2. The second kappa shape index (κ2) is 9.03. The van der Waals surface area contributed by atoms with Crippen molar-refractivity contribution in [3.63, 3.8) is 0 Å². The third-order valence-electron chi connectivity index (χ3n) is 4.51. The van der Waals surface area contributed by atoms with Crippen LogP contribution >= 0.6 is 0 Å². The molecule has 3 rings (SSSR count). The summed E-state index contributed by atoms with van der Waals surface area (Å²) in [7, 11) is 1.61. The summed E-state index contributed by atoms with van der Waals surface area (Å²) in [5.74, 6) is 0.320. The van der Waals surface area contributed by atoms with Gasteiger partial charge in [0.1, 0.15) is 11.6 Å². The van der Waals surface area contributed by atoms with E-state index in [1.807, 2.05) is 24.3 Å². The highest BCUT2D eigenvalue weighted by atomic mass is 19.1. The molecule has 0 saturated carbocycles. The Kier molecular flexibility index (Phi) is 6.26. The fraction of sp³-hybridized carbons (Fsp3) is 0.238. The summed E-state index contributed by atoms with van der Waals surface area (Å²) in [6.07, 6.45) is 3.30. The van der Waals surface area contributed by atoms with Gasteiger partial charge in [0.2, 0.25) is 5.91 Å². The van der Waals surface area contributed by atoms with E-state index in [2.05, 4.69) is 5.32 Å². The molecule has 0 radical (unpaired) electrons. The molecular weight excluding hydrogens is 361 g/mol. The van der Waals surface area contributed by atoms with Crippen molar-refractivity contribution >= 4 is 23.7 Å². The molecule has 28 heavy (non-hydrogen) atoms. The topological polar surface area (TPSA) is 61.9 Å². The average molecular weight is 383 g/mol. The standard InChI is InChI=1S/C21H22FN3O3/c1-28-19-9-2-16(3-10-19)4-11-20(26)24-12-14-25(15-13-24)21(27)23-18-7-5-17(22)6-8-18/h2-11H,12-15H2,1H3,(H,23,27)/b11-4-. The number of carbonyl (C=O) groups excluding carboxylic acids is 2. The lowest BCUT2D eigenvalue weighted by Crippen LogP contribution is -2.51. The minimum atomic E-state index is -0.354. The predicted molar refractivity (Wildman–Crippen MR) is 106 cm³/mol. The van der Waals surface area contributed by atoms with Gasteiger partial charge in [0.25, 0.3) is 0 Å². The molecular formula is C21H22FN3O3. The van der Waals surface area contributed by atoms with Crippen LogP contribution in [0.5, 0.6) is 5.75 Å². The molecule has 0 aromatic heterocycles. The zero-order valence-corrected chi connectivity index (χ0v) is 15.6. The molecule has 2 aromatic carbocycles. The summed E-state index contributed by atoms with van der Waals surface area (Å²) in [6.45, 7) is 1.80. The first-order valence-electron chi connectivity index (χ1n) is 8.98. The molecule has 1 heterocycles. The largest absolute Gasteiger partial charge is 0.497 e. The van der Waals surface area contributed by atoms with Crippen LogP contribution in [0.3, 0.4) is 0 Å². The first-order valence-corrected chi connectivity index (χ1v) is 8.98. The van der Waals surface area contributed by atoms with Crippen molar-refractivity contribution in [1.82, 2.24) is 9.80 Å². The highest BCUT2D eigenvalue weighted by Crippen LogP contribution is 2.13.